The van der Waals surface area contributed by atoms with Crippen molar-refractivity contribution in [1.82, 2.24) is 0 Å². The molecule has 0 spiro atoms. The van der Waals surface area contributed by atoms with E-state index in [0.717, 1.165) is 18.2 Å². The van der Waals surface area contributed by atoms with Gasteiger partial charge in [-0.1, -0.05) is 20.8 Å². The summed E-state index contributed by atoms with van der Waals surface area (Å²) in [6, 6.07) is 8.39. The van der Waals surface area contributed by atoms with Crippen LogP contribution in [0.4, 0.5) is 0 Å². The Labute approximate surface area is 193 Å². The highest BCUT2D eigenvalue weighted by Gasteiger charge is 2.62. The van der Waals surface area contributed by atoms with Gasteiger partial charge in [-0.25, -0.2) is 4.79 Å². The van der Waals surface area contributed by atoms with Gasteiger partial charge in [-0.2, -0.15) is 0 Å². The van der Waals surface area contributed by atoms with Gasteiger partial charge in [-0.05, 0) is 55.2 Å². The van der Waals surface area contributed by atoms with Gasteiger partial charge in [0.25, 0.3) is 0 Å². The molecule has 0 amide bonds. The molecular weight excluding hydrogens is 424 g/mol. The Morgan fingerprint density at radius 1 is 1.15 bits per heavy atom. The summed E-state index contributed by atoms with van der Waals surface area (Å²) < 4.78 is 17.1. The fraction of sp³-hybridized carbons (Fsp3) is 0.615. The van der Waals surface area contributed by atoms with Crippen molar-refractivity contribution in [2.75, 3.05) is 13.2 Å². The predicted octanol–water partition coefficient (Wildman–Crippen LogP) is 3.68. The van der Waals surface area contributed by atoms with Gasteiger partial charge < -0.3 is 24.1 Å². The van der Waals surface area contributed by atoms with Crippen LogP contribution in [0.1, 0.15) is 53.4 Å². The third-order valence-corrected chi connectivity index (χ3v) is 8.37. The van der Waals surface area contributed by atoms with Crippen LogP contribution >= 0.6 is 0 Å². The number of hydrogen-bond donors (Lipinski definition) is 2. The van der Waals surface area contributed by atoms with E-state index in [0.29, 0.717) is 24.2 Å². The Balaban J connectivity index is 1.62. The van der Waals surface area contributed by atoms with Gasteiger partial charge in [-0.15, -0.1) is 0 Å². The number of aliphatic hydroxyl groups is 2. The minimum absolute atomic E-state index is 0.179. The van der Waals surface area contributed by atoms with Crippen LogP contribution in [-0.2, 0) is 9.53 Å². The lowest BCUT2D eigenvalue weighted by Crippen LogP contribution is -2.64. The second-order valence-electron chi connectivity index (χ2n) is 10.6. The van der Waals surface area contributed by atoms with E-state index in [1.807, 2.05) is 12.1 Å². The molecule has 2 saturated carbocycles. The molecule has 5 atom stereocenters. The monoisotopic (exact) mass is 458 g/mol. The van der Waals surface area contributed by atoms with Gasteiger partial charge in [0, 0.05) is 35.8 Å². The molecule has 0 aliphatic heterocycles. The highest BCUT2D eigenvalue weighted by atomic mass is 16.5. The van der Waals surface area contributed by atoms with Crippen LogP contribution in [0.2, 0.25) is 0 Å². The van der Waals surface area contributed by atoms with Gasteiger partial charge in [0.15, 0.2) is 0 Å². The van der Waals surface area contributed by atoms with Crippen LogP contribution in [0.25, 0.3) is 11.0 Å². The van der Waals surface area contributed by atoms with Crippen molar-refractivity contribution < 1.29 is 28.9 Å². The largest absolute Gasteiger partial charge is 0.493 e. The van der Waals surface area contributed by atoms with Crippen molar-refractivity contribution >= 4 is 16.9 Å². The summed E-state index contributed by atoms with van der Waals surface area (Å²) in [5.41, 5.74) is -1.85. The molecule has 0 saturated heterocycles. The third kappa shape index (κ3) is 4.17. The summed E-state index contributed by atoms with van der Waals surface area (Å²) in [6.45, 7) is 7.74. The molecule has 180 valence electrons. The first-order valence-electron chi connectivity index (χ1n) is 11.7. The average molecular weight is 459 g/mol. The van der Waals surface area contributed by atoms with E-state index < -0.39 is 11.2 Å². The van der Waals surface area contributed by atoms with Crippen LogP contribution in [0.3, 0.4) is 0 Å². The molecule has 1 heterocycles. The number of benzene rings is 1. The Bertz CT molecular complexity index is 1090. The summed E-state index contributed by atoms with van der Waals surface area (Å²) >= 11 is 0. The maximum absolute atomic E-state index is 11.7. The first-order chi connectivity index (χ1) is 15.5. The molecular formula is C26H34O7. The Morgan fingerprint density at radius 3 is 2.58 bits per heavy atom. The van der Waals surface area contributed by atoms with Crippen LogP contribution < -0.4 is 10.4 Å². The average Bonchev–Trinajstić information content (AvgIpc) is 2.74. The number of carbonyl (C=O) groups excluding carboxylic acids is 1. The number of esters is 1. The van der Waals surface area contributed by atoms with Gasteiger partial charge in [0.1, 0.15) is 17.4 Å². The first kappa shape index (κ1) is 23.8. The Hall–Kier alpha value is -2.38. The van der Waals surface area contributed by atoms with E-state index in [-0.39, 0.29) is 48.0 Å². The third-order valence-electron chi connectivity index (χ3n) is 8.37. The lowest BCUT2D eigenvalue weighted by atomic mass is 9.45. The molecule has 1 aromatic heterocycles. The number of carbonyl (C=O) groups is 1. The first-order valence-corrected chi connectivity index (χ1v) is 11.7. The Morgan fingerprint density at radius 2 is 1.88 bits per heavy atom. The van der Waals surface area contributed by atoms with Crippen molar-refractivity contribution in [2.45, 2.75) is 65.1 Å². The van der Waals surface area contributed by atoms with Crippen molar-refractivity contribution in [3.63, 3.8) is 0 Å². The van der Waals surface area contributed by atoms with Gasteiger partial charge in [0.05, 0.1) is 18.8 Å². The minimum atomic E-state index is -1.26. The SMILES string of the molecule is CC(=O)OC1CCC2(C)C(COc3ccc4ccc(=O)oc4c3)C(O)(CO)CCC2C1(C)C. The lowest BCUT2D eigenvalue weighted by molar-refractivity contribution is -0.222. The molecule has 2 aromatic rings. The summed E-state index contributed by atoms with van der Waals surface area (Å²) in [7, 11) is 0. The van der Waals surface area contributed by atoms with Crippen LogP contribution in [0.15, 0.2) is 39.5 Å². The maximum atomic E-state index is 11.7. The predicted molar refractivity (Wildman–Crippen MR) is 123 cm³/mol. The summed E-state index contributed by atoms with van der Waals surface area (Å²) in [5, 5.41) is 22.4. The number of ether oxygens (including phenoxy) is 2. The topological polar surface area (TPSA) is 106 Å². The highest BCUT2D eigenvalue weighted by Crippen LogP contribution is 2.62. The van der Waals surface area contributed by atoms with Gasteiger partial charge >= 0.3 is 11.6 Å². The molecule has 2 fully saturated rings. The molecule has 7 heteroatoms. The van der Waals surface area contributed by atoms with Crippen molar-refractivity contribution in [3.05, 3.63) is 40.8 Å². The molecule has 33 heavy (non-hydrogen) atoms. The molecule has 2 aliphatic carbocycles. The van der Waals surface area contributed by atoms with E-state index >= 15 is 0 Å². The van der Waals surface area contributed by atoms with Crippen LogP contribution in [0.5, 0.6) is 5.75 Å². The summed E-state index contributed by atoms with van der Waals surface area (Å²) in [6.07, 6.45) is 2.44. The normalized spacial score (nSPS) is 33.3. The zero-order chi connectivity index (χ0) is 24.0. The molecule has 1 aromatic carbocycles. The molecule has 0 radical (unpaired) electrons. The van der Waals surface area contributed by atoms with E-state index in [2.05, 4.69) is 20.8 Å². The van der Waals surface area contributed by atoms with Crippen LogP contribution in [-0.4, -0.2) is 41.1 Å². The zero-order valence-electron chi connectivity index (χ0n) is 19.8. The smallest absolute Gasteiger partial charge is 0.336 e. The van der Waals surface area contributed by atoms with Gasteiger partial charge in [0.2, 0.25) is 0 Å². The lowest BCUT2D eigenvalue weighted by Gasteiger charge is -2.62. The zero-order valence-corrected chi connectivity index (χ0v) is 19.8. The number of hydrogen-bond acceptors (Lipinski definition) is 7. The molecule has 2 aliphatic rings. The Kier molecular flexibility index (Phi) is 6.08. The minimum Gasteiger partial charge on any atom is -0.493 e. The second-order valence-corrected chi connectivity index (χ2v) is 10.6. The van der Waals surface area contributed by atoms with E-state index in [1.54, 1.807) is 12.1 Å². The van der Waals surface area contributed by atoms with Gasteiger partial charge in [-0.3, -0.25) is 4.79 Å². The summed E-state index contributed by atoms with van der Waals surface area (Å²) in [5.74, 6) is 0.112. The standard InChI is InChI=1S/C26H34O7/c1-16(28)32-22-10-11-25(4)20(24(22,2)3)9-12-26(30,15-27)21(25)14-31-18-7-5-17-6-8-23(29)33-19(17)13-18/h5-8,13,20-22,27,30H,9-12,14-15H2,1-4H3. The second kappa shape index (κ2) is 8.44. The molecule has 7 nitrogen and oxygen atoms in total. The van der Waals surface area contributed by atoms with Crippen molar-refractivity contribution in [1.29, 1.82) is 0 Å². The quantitative estimate of drug-likeness (QED) is 0.520. The summed E-state index contributed by atoms with van der Waals surface area (Å²) in [4.78, 5) is 23.3. The fourth-order valence-corrected chi connectivity index (χ4v) is 6.62. The molecule has 5 unspecified atom stereocenters. The van der Waals surface area contributed by atoms with E-state index in [4.69, 9.17) is 13.9 Å². The highest BCUT2D eigenvalue weighted by molar-refractivity contribution is 5.77. The number of rotatable bonds is 5. The number of fused-ring (bicyclic) bond motifs is 2. The van der Waals surface area contributed by atoms with E-state index in [1.165, 1.54) is 13.0 Å². The van der Waals surface area contributed by atoms with E-state index in [9.17, 15) is 19.8 Å². The fourth-order valence-electron chi connectivity index (χ4n) is 6.62. The van der Waals surface area contributed by atoms with Crippen molar-refractivity contribution in [3.8, 4) is 5.75 Å². The van der Waals surface area contributed by atoms with Crippen molar-refractivity contribution in [2.24, 2.45) is 22.7 Å². The maximum Gasteiger partial charge on any atom is 0.336 e. The molecule has 4 rings (SSSR count). The van der Waals surface area contributed by atoms with Crippen LogP contribution in [0, 0.1) is 22.7 Å². The molecule has 0 bridgehead atoms. The number of aliphatic hydroxyl groups excluding tert-OH is 1. The molecule has 2 N–H and O–H groups in total.